The summed E-state index contributed by atoms with van der Waals surface area (Å²) in [4.78, 5) is 0. The molecule has 4 heteroatoms. The maximum atomic E-state index is 9.87. The number of benzene rings is 1. The van der Waals surface area contributed by atoms with E-state index in [9.17, 15) is 5.11 Å². The lowest BCUT2D eigenvalue weighted by Gasteiger charge is -2.29. The predicted molar refractivity (Wildman–Crippen MR) is 71.0 cm³/mol. The summed E-state index contributed by atoms with van der Waals surface area (Å²) >= 11 is 9.51. The molecule has 2 atom stereocenters. The third-order valence-electron chi connectivity index (χ3n) is 3.00. The zero-order valence-corrected chi connectivity index (χ0v) is 11.3. The van der Waals surface area contributed by atoms with Crippen molar-refractivity contribution in [3.8, 4) is 0 Å². The quantitative estimate of drug-likeness (QED) is 0.870. The molecule has 1 saturated carbocycles. The molecule has 2 nitrogen and oxygen atoms in total. The molecule has 16 heavy (non-hydrogen) atoms. The van der Waals surface area contributed by atoms with Crippen molar-refractivity contribution in [2.45, 2.75) is 37.8 Å². The Morgan fingerprint density at radius 1 is 1.31 bits per heavy atom. The van der Waals surface area contributed by atoms with E-state index in [2.05, 4.69) is 21.2 Å². The monoisotopic (exact) mass is 303 g/mol. The van der Waals surface area contributed by atoms with Crippen LogP contribution in [0, 0.1) is 0 Å². The molecular weight excluding hydrogens is 289 g/mol. The molecule has 2 N–H and O–H groups in total. The van der Waals surface area contributed by atoms with Gasteiger partial charge in [-0.25, -0.2) is 0 Å². The van der Waals surface area contributed by atoms with E-state index in [0.717, 1.165) is 29.4 Å². The molecule has 0 aliphatic heterocycles. The van der Waals surface area contributed by atoms with Crippen LogP contribution in [-0.2, 0) is 0 Å². The number of nitrogens with one attached hydrogen (secondary N) is 1. The molecule has 0 spiro atoms. The van der Waals surface area contributed by atoms with Crippen molar-refractivity contribution < 1.29 is 5.11 Å². The molecule has 1 aromatic carbocycles. The molecule has 0 aromatic heterocycles. The van der Waals surface area contributed by atoms with E-state index < -0.39 is 0 Å². The van der Waals surface area contributed by atoms with Crippen LogP contribution in [0.3, 0.4) is 0 Å². The number of aliphatic hydroxyl groups is 1. The average molecular weight is 305 g/mol. The molecule has 1 fully saturated rings. The van der Waals surface area contributed by atoms with Crippen LogP contribution in [0.15, 0.2) is 22.7 Å². The van der Waals surface area contributed by atoms with Gasteiger partial charge in [0, 0.05) is 4.47 Å². The Kier molecular flexibility index (Phi) is 4.11. The number of hydrogen-bond donors (Lipinski definition) is 2. The maximum Gasteiger partial charge on any atom is 0.0741 e. The Balaban J connectivity index is 2.10. The summed E-state index contributed by atoms with van der Waals surface area (Å²) in [5, 5.41) is 13.9. The highest BCUT2D eigenvalue weighted by atomic mass is 79.9. The minimum Gasteiger partial charge on any atom is -0.391 e. The third-order valence-corrected chi connectivity index (χ3v) is 3.82. The van der Waals surface area contributed by atoms with Gasteiger partial charge in [-0.15, -0.1) is 0 Å². The predicted octanol–water partition coefficient (Wildman–Crippen LogP) is 3.82. The second kappa shape index (κ2) is 5.39. The highest BCUT2D eigenvalue weighted by Crippen LogP contribution is 2.29. The largest absolute Gasteiger partial charge is 0.391 e. The minimum absolute atomic E-state index is 0.126. The molecule has 1 aliphatic rings. The van der Waals surface area contributed by atoms with Crippen LogP contribution in [0.4, 0.5) is 5.69 Å². The first-order chi connectivity index (χ1) is 7.66. The van der Waals surface area contributed by atoms with Crippen LogP contribution in [0.1, 0.15) is 25.7 Å². The SMILES string of the molecule is O[C@H]1CCCC[C@@H]1Nc1cc(Br)ccc1Cl. The zero-order chi connectivity index (χ0) is 11.5. The summed E-state index contributed by atoms with van der Waals surface area (Å²) in [7, 11) is 0. The van der Waals surface area contributed by atoms with Gasteiger partial charge < -0.3 is 10.4 Å². The van der Waals surface area contributed by atoms with Gasteiger partial charge >= 0.3 is 0 Å². The Bertz CT molecular complexity index is 372. The molecule has 0 radical (unpaired) electrons. The molecule has 0 unspecified atom stereocenters. The van der Waals surface area contributed by atoms with Gasteiger partial charge in [0.1, 0.15) is 0 Å². The normalized spacial score (nSPS) is 25.4. The van der Waals surface area contributed by atoms with Crippen LogP contribution in [0.2, 0.25) is 5.02 Å². The van der Waals surface area contributed by atoms with Crippen molar-refractivity contribution in [2.75, 3.05) is 5.32 Å². The molecule has 1 aliphatic carbocycles. The average Bonchev–Trinajstić information content (AvgIpc) is 2.27. The van der Waals surface area contributed by atoms with Gasteiger partial charge in [0.05, 0.1) is 22.9 Å². The number of aliphatic hydroxyl groups excluding tert-OH is 1. The van der Waals surface area contributed by atoms with Gasteiger partial charge in [-0.1, -0.05) is 40.4 Å². The second-order valence-electron chi connectivity index (χ2n) is 4.23. The summed E-state index contributed by atoms with van der Waals surface area (Å²) in [6, 6.07) is 5.83. The highest BCUT2D eigenvalue weighted by molar-refractivity contribution is 9.10. The molecular formula is C12H15BrClNO. The first-order valence-corrected chi connectivity index (χ1v) is 6.73. The topological polar surface area (TPSA) is 32.3 Å². The number of hydrogen-bond acceptors (Lipinski definition) is 2. The lowest BCUT2D eigenvalue weighted by atomic mass is 9.92. The van der Waals surface area contributed by atoms with Crippen LogP contribution < -0.4 is 5.32 Å². The summed E-state index contributed by atoms with van der Waals surface area (Å²) in [5.41, 5.74) is 0.891. The number of rotatable bonds is 2. The van der Waals surface area contributed by atoms with Gasteiger partial charge in [0.25, 0.3) is 0 Å². The summed E-state index contributed by atoms with van der Waals surface area (Å²) in [5.74, 6) is 0. The Labute approximate surface area is 109 Å². The molecule has 0 heterocycles. The van der Waals surface area contributed by atoms with E-state index in [4.69, 9.17) is 11.6 Å². The fraction of sp³-hybridized carbons (Fsp3) is 0.500. The molecule has 0 amide bonds. The summed E-state index contributed by atoms with van der Waals surface area (Å²) in [6.07, 6.45) is 3.91. The smallest absolute Gasteiger partial charge is 0.0741 e. The summed E-state index contributed by atoms with van der Waals surface area (Å²) < 4.78 is 0.990. The van der Waals surface area contributed by atoms with E-state index in [0.29, 0.717) is 5.02 Å². The summed E-state index contributed by atoms with van der Waals surface area (Å²) in [6.45, 7) is 0. The zero-order valence-electron chi connectivity index (χ0n) is 8.92. The Hall–Kier alpha value is -0.250. The van der Waals surface area contributed by atoms with Crippen LogP contribution in [0.25, 0.3) is 0 Å². The number of halogens is 2. The lowest BCUT2D eigenvalue weighted by molar-refractivity contribution is 0.116. The van der Waals surface area contributed by atoms with Crippen molar-refractivity contribution in [3.63, 3.8) is 0 Å². The van der Waals surface area contributed by atoms with Crippen molar-refractivity contribution in [2.24, 2.45) is 0 Å². The van der Waals surface area contributed by atoms with E-state index in [-0.39, 0.29) is 12.1 Å². The molecule has 0 saturated heterocycles. The van der Waals surface area contributed by atoms with E-state index >= 15 is 0 Å². The van der Waals surface area contributed by atoms with Gasteiger partial charge in [0.15, 0.2) is 0 Å². The minimum atomic E-state index is -0.260. The van der Waals surface area contributed by atoms with Gasteiger partial charge in [-0.05, 0) is 31.0 Å². The third kappa shape index (κ3) is 2.90. The molecule has 88 valence electrons. The second-order valence-corrected chi connectivity index (χ2v) is 5.55. The van der Waals surface area contributed by atoms with Crippen molar-refractivity contribution in [1.29, 1.82) is 0 Å². The Morgan fingerprint density at radius 3 is 2.81 bits per heavy atom. The first-order valence-electron chi connectivity index (χ1n) is 5.56. The van der Waals surface area contributed by atoms with E-state index in [1.807, 2.05) is 18.2 Å². The first kappa shape index (κ1) is 12.2. The Morgan fingerprint density at radius 2 is 2.06 bits per heavy atom. The molecule has 2 rings (SSSR count). The molecule has 1 aromatic rings. The lowest BCUT2D eigenvalue weighted by Crippen LogP contribution is -2.36. The standard InChI is InChI=1S/C12H15BrClNO/c13-8-5-6-9(14)11(7-8)15-10-3-1-2-4-12(10)16/h5-7,10,12,15-16H,1-4H2/t10-,12-/m0/s1. The van der Waals surface area contributed by atoms with E-state index in [1.54, 1.807) is 0 Å². The van der Waals surface area contributed by atoms with Crippen LogP contribution in [0.5, 0.6) is 0 Å². The molecule has 0 bridgehead atoms. The van der Waals surface area contributed by atoms with Crippen molar-refractivity contribution in [1.82, 2.24) is 0 Å². The fourth-order valence-corrected chi connectivity index (χ4v) is 2.62. The van der Waals surface area contributed by atoms with Crippen molar-refractivity contribution >= 4 is 33.2 Å². The highest BCUT2D eigenvalue weighted by Gasteiger charge is 2.23. The maximum absolute atomic E-state index is 9.87. The fourth-order valence-electron chi connectivity index (χ4n) is 2.09. The number of anilines is 1. The van der Waals surface area contributed by atoms with E-state index in [1.165, 1.54) is 6.42 Å². The van der Waals surface area contributed by atoms with Crippen LogP contribution in [-0.4, -0.2) is 17.3 Å². The van der Waals surface area contributed by atoms with Crippen molar-refractivity contribution in [3.05, 3.63) is 27.7 Å². The van der Waals surface area contributed by atoms with Crippen LogP contribution >= 0.6 is 27.5 Å². The van der Waals surface area contributed by atoms with Gasteiger partial charge in [0.2, 0.25) is 0 Å². The van der Waals surface area contributed by atoms with Gasteiger partial charge in [-0.3, -0.25) is 0 Å². The van der Waals surface area contributed by atoms with Gasteiger partial charge in [-0.2, -0.15) is 0 Å².